The van der Waals surface area contributed by atoms with Gasteiger partial charge in [-0.1, -0.05) is 60.7 Å². The molecule has 1 aromatic heterocycles. The van der Waals surface area contributed by atoms with Crippen molar-refractivity contribution in [3.05, 3.63) is 106 Å². The van der Waals surface area contributed by atoms with E-state index in [1.807, 2.05) is 6.07 Å². The topological polar surface area (TPSA) is 112 Å². The van der Waals surface area contributed by atoms with Crippen LogP contribution in [0.4, 0.5) is 5.69 Å². The minimum atomic E-state index is -3.52. The largest absolute Gasteiger partial charge is 0.494 e. The molecule has 0 radical (unpaired) electrons. The second kappa shape index (κ2) is 9.07. The SMILES string of the molecule is O=c1[nH]c(O)c(C=NCc2ccc(NS(=O)(=O)Cc3ccccc3)cc2)c2ccccc12. The molecular weight excluding hydrogens is 426 g/mol. The highest BCUT2D eigenvalue weighted by molar-refractivity contribution is 7.91. The first-order chi connectivity index (χ1) is 15.4. The molecule has 0 saturated carbocycles. The molecule has 7 nitrogen and oxygen atoms in total. The van der Waals surface area contributed by atoms with Gasteiger partial charge < -0.3 is 5.11 Å². The molecule has 4 aromatic rings. The van der Waals surface area contributed by atoms with Crippen LogP contribution in [0.5, 0.6) is 5.88 Å². The van der Waals surface area contributed by atoms with Crippen molar-refractivity contribution in [3.63, 3.8) is 0 Å². The van der Waals surface area contributed by atoms with Gasteiger partial charge >= 0.3 is 0 Å². The average Bonchev–Trinajstić information content (AvgIpc) is 2.77. The molecule has 0 unspecified atom stereocenters. The van der Waals surface area contributed by atoms with Crippen LogP contribution in [0.3, 0.4) is 0 Å². The Morgan fingerprint density at radius 2 is 1.53 bits per heavy atom. The summed E-state index contributed by atoms with van der Waals surface area (Å²) >= 11 is 0. The van der Waals surface area contributed by atoms with E-state index in [1.165, 1.54) is 6.21 Å². The molecule has 0 fully saturated rings. The predicted octanol–water partition coefficient (Wildman–Crippen LogP) is 3.79. The van der Waals surface area contributed by atoms with Crippen molar-refractivity contribution in [1.82, 2.24) is 4.98 Å². The number of rotatable bonds is 7. The number of aromatic amines is 1. The van der Waals surface area contributed by atoms with Gasteiger partial charge in [0.25, 0.3) is 5.56 Å². The third-order valence-electron chi connectivity index (χ3n) is 4.87. The van der Waals surface area contributed by atoms with E-state index in [4.69, 9.17) is 0 Å². The quantitative estimate of drug-likeness (QED) is 0.374. The molecule has 0 saturated heterocycles. The first-order valence-electron chi connectivity index (χ1n) is 9.88. The highest BCUT2D eigenvalue weighted by atomic mass is 32.2. The van der Waals surface area contributed by atoms with Crippen molar-refractivity contribution in [2.75, 3.05) is 4.72 Å². The lowest BCUT2D eigenvalue weighted by Gasteiger charge is -2.08. The molecule has 0 atom stereocenters. The molecule has 0 aliphatic carbocycles. The van der Waals surface area contributed by atoms with Gasteiger partial charge in [0, 0.05) is 22.7 Å². The number of aromatic hydroxyl groups is 1. The molecule has 1 heterocycles. The lowest BCUT2D eigenvalue weighted by atomic mass is 10.1. The molecule has 0 aliphatic rings. The summed E-state index contributed by atoms with van der Waals surface area (Å²) in [5.74, 6) is -0.336. The van der Waals surface area contributed by atoms with Gasteiger partial charge in [-0.05, 0) is 29.3 Å². The fraction of sp³-hybridized carbons (Fsp3) is 0.0833. The van der Waals surface area contributed by atoms with Gasteiger partial charge in [0.05, 0.1) is 17.9 Å². The van der Waals surface area contributed by atoms with Crippen LogP contribution in [0, 0.1) is 0 Å². The van der Waals surface area contributed by atoms with Crippen LogP contribution in [0.2, 0.25) is 0 Å². The van der Waals surface area contributed by atoms with Crippen LogP contribution in [0.15, 0.2) is 88.6 Å². The zero-order valence-electron chi connectivity index (χ0n) is 17.0. The standard InChI is InChI=1S/C24H21N3O4S/c28-23-21-9-5-4-8-20(21)22(24(29)26-23)15-25-14-17-10-12-19(13-11-17)27-32(30,31)16-18-6-2-1-3-7-18/h1-13,15,27H,14,16H2,(H2,26,28,29). The van der Waals surface area contributed by atoms with Gasteiger partial charge in [0.1, 0.15) is 0 Å². The highest BCUT2D eigenvalue weighted by Crippen LogP contribution is 2.20. The van der Waals surface area contributed by atoms with E-state index >= 15 is 0 Å². The molecular formula is C24H21N3O4S. The Kier molecular flexibility index (Phi) is 6.04. The van der Waals surface area contributed by atoms with Gasteiger partial charge in [0.15, 0.2) is 0 Å². The van der Waals surface area contributed by atoms with Gasteiger partial charge in [0.2, 0.25) is 15.9 Å². The first-order valence-corrected chi connectivity index (χ1v) is 11.5. The number of hydrogen-bond acceptors (Lipinski definition) is 5. The molecule has 0 bridgehead atoms. The van der Waals surface area contributed by atoms with E-state index in [9.17, 15) is 18.3 Å². The lowest BCUT2D eigenvalue weighted by Crippen LogP contribution is -2.15. The fourth-order valence-corrected chi connectivity index (χ4v) is 4.54. The maximum atomic E-state index is 12.4. The zero-order valence-corrected chi connectivity index (χ0v) is 17.8. The Labute approximate surface area is 185 Å². The number of pyridine rings is 1. The van der Waals surface area contributed by atoms with Gasteiger partial charge in [-0.25, -0.2) is 8.42 Å². The summed E-state index contributed by atoms with van der Waals surface area (Å²) in [6.07, 6.45) is 1.52. The maximum absolute atomic E-state index is 12.4. The maximum Gasteiger partial charge on any atom is 0.258 e. The summed E-state index contributed by atoms with van der Waals surface area (Å²) in [5.41, 5.74) is 2.12. The normalized spacial score (nSPS) is 11.8. The number of nitrogens with zero attached hydrogens (tertiary/aromatic N) is 1. The Hall–Kier alpha value is -3.91. The number of H-pyrrole nitrogens is 1. The summed E-state index contributed by atoms with van der Waals surface area (Å²) in [5, 5.41) is 11.2. The number of fused-ring (bicyclic) bond motifs is 1. The summed E-state index contributed by atoms with van der Waals surface area (Å²) in [4.78, 5) is 18.8. The molecule has 8 heteroatoms. The number of nitrogens with one attached hydrogen (secondary N) is 2. The Bertz CT molecular complexity index is 1430. The van der Waals surface area contributed by atoms with Crippen LogP contribution in [0.25, 0.3) is 10.8 Å². The number of benzene rings is 3. The molecule has 0 amide bonds. The third kappa shape index (κ3) is 5.04. The third-order valence-corrected chi connectivity index (χ3v) is 6.13. The first kappa shape index (κ1) is 21.3. The summed E-state index contributed by atoms with van der Waals surface area (Å²) in [7, 11) is -3.52. The minimum absolute atomic E-state index is 0.101. The van der Waals surface area contributed by atoms with Crippen molar-refractivity contribution < 1.29 is 13.5 Å². The van der Waals surface area contributed by atoms with Crippen molar-refractivity contribution in [2.24, 2.45) is 4.99 Å². The second-order valence-corrected chi connectivity index (χ2v) is 9.00. The summed E-state index contributed by atoms with van der Waals surface area (Å²) < 4.78 is 27.3. The van der Waals surface area contributed by atoms with E-state index in [2.05, 4.69) is 14.7 Å². The Morgan fingerprint density at radius 1 is 0.875 bits per heavy atom. The number of anilines is 1. The monoisotopic (exact) mass is 447 g/mol. The molecule has 162 valence electrons. The van der Waals surface area contributed by atoms with Crippen LogP contribution in [-0.2, 0) is 22.3 Å². The Morgan fingerprint density at radius 3 is 2.25 bits per heavy atom. The van der Waals surface area contributed by atoms with Crippen LogP contribution in [0.1, 0.15) is 16.7 Å². The van der Waals surface area contributed by atoms with Crippen LogP contribution >= 0.6 is 0 Å². The Balaban J connectivity index is 1.44. The highest BCUT2D eigenvalue weighted by Gasteiger charge is 2.12. The van der Waals surface area contributed by atoms with Crippen molar-refractivity contribution in [3.8, 4) is 5.88 Å². The van der Waals surface area contributed by atoms with Crippen LogP contribution < -0.4 is 10.3 Å². The summed E-state index contributed by atoms with van der Waals surface area (Å²) in [6, 6.07) is 22.9. The van der Waals surface area contributed by atoms with Gasteiger partial charge in [-0.15, -0.1) is 0 Å². The second-order valence-electron chi connectivity index (χ2n) is 7.28. The zero-order chi connectivity index (χ0) is 22.6. The predicted molar refractivity (Wildman–Crippen MR) is 127 cm³/mol. The van der Waals surface area contributed by atoms with Crippen molar-refractivity contribution in [2.45, 2.75) is 12.3 Å². The van der Waals surface area contributed by atoms with E-state index in [0.717, 1.165) is 5.56 Å². The van der Waals surface area contributed by atoms with Gasteiger partial charge in [-0.3, -0.25) is 19.5 Å². The average molecular weight is 448 g/mol. The number of sulfonamides is 1. The number of aliphatic imine (C=N–C) groups is 1. The lowest BCUT2D eigenvalue weighted by molar-refractivity contribution is 0.452. The van der Waals surface area contributed by atoms with Gasteiger partial charge in [-0.2, -0.15) is 0 Å². The molecule has 3 aromatic carbocycles. The molecule has 3 N–H and O–H groups in total. The van der Waals surface area contributed by atoms with E-state index < -0.39 is 10.0 Å². The van der Waals surface area contributed by atoms with E-state index in [0.29, 0.717) is 34.1 Å². The van der Waals surface area contributed by atoms with Crippen molar-refractivity contribution in [1.29, 1.82) is 0 Å². The van der Waals surface area contributed by atoms with Crippen LogP contribution in [-0.4, -0.2) is 24.7 Å². The molecule has 0 spiro atoms. The number of aromatic nitrogens is 1. The van der Waals surface area contributed by atoms with E-state index in [1.54, 1.807) is 72.8 Å². The molecule has 4 rings (SSSR count). The fourth-order valence-electron chi connectivity index (χ4n) is 3.35. The number of hydrogen-bond donors (Lipinski definition) is 3. The summed E-state index contributed by atoms with van der Waals surface area (Å²) in [6.45, 7) is 0.323. The smallest absolute Gasteiger partial charge is 0.258 e. The molecule has 0 aliphatic heterocycles. The van der Waals surface area contributed by atoms with E-state index in [-0.39, 0.29) is 17.2 Å². The minimum Gasteiger partial charge on any atom is -0.494 e. The molecule has 32 heavy (non-hydrogen) atoms. The van der Waals surface area contributed by atoms with Crippen molar-refractivity contribution >= 4 is 32.7 Å².